The van der Waals surface area contributed by atoms with E-state index in [1.54, 1.807) is 17.4 Å². The first-order chi connectivity index (χ1) is 10.1. The third-order valence-electron chi connectivity index (χ3n) is 4.82. The predicted octanol–water partition coefficient (Wildman–Crippen LogP) is 2.36. The van der Waals surface area contributed by atoms with Crippen LogP contribution in [0, 0.1) is 0 Å². The molecule has 1 aromatic carbocycles. The normalized spacial score (nSPS) is 19.5. The van der Waals surface area contributed by atoms with E-state index in [0.29, 0.717) is 4.90 Å². The van der Waals surface area contributed by atoms with Crippen molar-refractivity contribution in [2.75, 3.05) is 20.1 Å². The molecule has 1 aromatic rings. The van der Waals surface area contributed by atoms with Gasteiger partial charge < -0.3 is 5.32 Å². The van der Waals surface area contributed by atoms with Gasteiger partial charge in [-0.25, -0.2) is 8.42 Å². The second kappa shape index (κ2) is 7.30. The molecule has 124 valence electrons. The third-order valence-corrected chi connectivity index (χ3v) is 6.73. The zero-order chi connectivity index (χ0) is 14.9. The molecule has 0 bridgehead atoms. The highest BCUT2D eigenvalue weighted by molar-refractivity contribution is 7.89. The molecule has 0 unspecified atom stereocenters. The minimum atomic E-state index is -3.37. The van der Waals surface area contributed by atoms with Gasteiger partial charge in [0.2, 0.25) is 10.0 Å². The molecule has 0 aromatic heterocycles. The lowest BCUT2D eigenvalue weighted by atomic mass is 9.92. The van der Waals surface area contributed by atoms with E-state index in [1.165, 1.54) is 24.0 Å². The summed E-state index contributed by atoms with van der Waals surface area (Å²) in [5, 5.41) is 3.28. The van der Waals surface area contributed by atoms with Gasteiger partial charge in [-0.3, -0.25) is 0 Å². The Kier molecular flexibility index (Phi) is 5.88. The summed E-state index contributed by atoms with van der Waals surface area (Å²) in [4.78, 5) is 0.462. The maximum atomic E-state index is 12.8. The standard InChI is InChI=1S/C16H24N2O2S.ClH/c1-18(15-8-10-17-11-9-15)21(19,20)16-7-6-13-4-2-3-5-14(13)12-16;/h6-7,12,15,17H,2-5,8-11H2,1H3;1H. The predicted molar refractivity (Wildman–Crippen MR) is 91.2 cm³/mol. The van der Waals surface area contributed by atoms with E-state index in [1.807, 2.05) is 12.1 Å². The molecule has 3 rings (SSSR count). The monoisotopic (exact) mass is 344 g/mol. The quantitative estimate of drug-likeness (QED) is 0.915. The number of halogens is 1. The lowest BCUT2D eigenvalue weighted by Crippen LogP contribution is -2.43. The average molecular weight is 345 g/mol. The van der Waals surface area contributed by atoms with Gasteiger partial charge in [-0.1, -0.05) is 6.07 Å². The second-order valence-corrected chi connectivity index (χ2v) is 8.14. The number of fused-ring (bicyclic) bond motifs is 1. The number of sulfonamides is 1. The van der Waals surface area contributed by atoms with Gasteiger partial charge in [-0.05, 0) is 74.9 Å². The zero-order valence-corrected chi connectivity index (χ0v) is 14.7. The largest absolute Gasteiger partial charge is 0.317 e. The van der Waals surface area contributed by atoms with Crippen molar-refractivity contribution >= 4 is 22.4 Å². The number of nitrogens with one attached hydrogen (secondary N) is 1. The Bertz CT molecular complexity index is 613. The van der Waals surface area contributed by atoms with Crippen molar-refractivity contribution in [3.05, 3.63) is 29.3 Å². The summed E-state index contributed by atoms with van der Waals surface area (Å²) in [5.41, 5.74) is 2.55. The third kappa shape index (κ3) is 3.48. The Morgan fingerprint density at radius 1 is 1.09 bits per heavy atom. The summed E-state index contributed by atoms with van der Waals surface area (Å²) in [6.07, 6.45) is 6.26. The number of rotatable bonds is 3. The minimum absolute atomic E-state index is 0. The Morgan fingerprint density at radius 2 is 1.73 bits per heavy atom. The molecule has 6 heteroatoms. The van der Waals surface area contributed by atoms with Gasteiger partial charge >= 0.3 is 0 Å². The first kappa shape index (κ1) is 17.7. The molecule has 1 N–H and O–H groups in total. The zero-order valence-electron chi connectivity index (χ0n) is 13.0. The van der Waals surface area contributed by atoms with E-state index in [0.717, 1.165) is 38.8 Å². The molecule has 1 heterocycles. The maximum Gasteiger partial charge on any atom is 0.243 e. The van der Waals surface area contributed by atoms with Gasteiger partial charge in [0.05, 0.1) is 4.90 Å². The van der Waals surface area contributed by atoms with E-state index < -0.39 is 10.0 Å². The van der Waals surface area contributed by atoms with Crippen LogP contribution in [0.1, 0.15) is 36.8 Å². The fourth-order valence-electron chi connectivity index (χ4n) is 3.40. The highest BCUT2D eigenvalue weighted by atomic mass is 35.5. The van der Waals surface area contributed by atoms with Crippen LogP contribution >= 0.6 is 12.4 Å². The lowest BCUT2D eigenvalue weighted by Gasteiger charge is -2.31. The van der Waals surface area contributed by atoms with Crippen molar-refractivity contribution in [3.63, 3.8) is 0 Å². The van der Waals surface area contributed by atoms with Gasteiger partial charge in [0, 0.05) is 13.1 Å². The van der Waals surface area contributed by atoms with Crippen LogP contribution in [0.3, 0.4) is 0 Å². The molecule has 0 saturated carbocycles. The Balaban J connectivity index is 0.00000176. The summed E-state index contributed by atoms with van der Waals surface area (Å²) >= 11 is 0. The highest BCUT2D eigenvalue weighted by Gasteiger charge is 2.29. The number of hydrogen-bond donors (Lipinski definition) is 1. The smallest absolute Gasteiger partial charge is 0.243 e. The summed E-state index contributed by atoms with van der Waals surface area (Å²) in [6, 6.07) is 5.82. The average Bonchev–Trinajstić information content (AvgIpc) is 2.54. The molecule has 4 nitrogen and oxygen atoms in total. The molecule has 1 fully saturated rings. The molecule has 1 saturated heterocycles. The van der Waals surface area contributed by atoms with Crippen LogP contribution in [0.15, 0.2) is 23.1 Å². The van der Waals surface area contributed by atoms with Gasteiger partial charge in [-0.15, -0.1) is 12.4 Å². The molecular weight excluding hydrogens is 320 g/mol. The topological polar surface area (TPSA) is 49.4 Å². The molecule has 0 amide bonds. The van der Waals surface area contributed by atoms with Crippen LogP contribution in [-0.2, 0) is 22.9 Å². The van der Waals surface area contributed by atoms with Gasteiger partial charge in [0.1, 0.15) is 0 Å². The maximum absolute atomic E-state index is 12.8. The fourth-order valence-corrected chi connectivity index (χ4v) is 4.87. The van der Waals surface area contributed by atoms with Crippen LogP contribution in [0.2, 0.25) is 0 Å². The number of benzene rings is 1. The number of aryl methyl sites for hydroxylation is 2. The van der Waals surface area contributed by atoms with Crippen molar-refractivity contribution in [1.82, 2.24) is 9.62 Å². The summed E-state index contributed by atoms with van der Waals surface area (Å²) in [5.74, 6) is 0. The van der Waals surface area contributed by atoms with Gasteiger partial charge in [0.15, 0.2) is 0 Å². The van der Waals surface area contributed by atoms with Crippen LogP contribution in [0.25, 0.3) is 0 Å². The van der Waals surface area contributed by atoms with Gasteiger partial charge in [0.25, 0.3) is 0 Å². The molecular formula is C16H25ClN2O2S. The molecule has 0 spiro atoms. The van der Waals surface area contributed by atoms with E-state index in [2.05, 4.69) is 5.32 Å². The van der Waals surface area contributed by atoms with Crippen molar-refractivity contribution < 1.29 is 8.42 Å². The van der Waals surface area contributed by atoms with E-state index in [4.69, 9.17) is 0 Å². The summed E-state index contributed by atoms with van der Waals surface area (Å²) in [6.45, 7) is 1.80. The SMILES string of the molecule is CN(C1CCNCC1)S(=O)(=O)c1ccc2c(c1)CCCC2.Cl. The molecule has 0 atom stereocenters. The van der Waals surface area contributed by atoms with Crippen molar-refractivity contribution in [3.8, 4) is 0 Å². The first-order valence-electron chi connectivity index (χ1n) is 7.89. The molecule has 22 heavy (non-hydrogen) atoms. The molecule has 1 aliphatic heterocycles. The van der Waals surface area contributed by atoms with E-state index in [9.17, 15) is 8.42 Å². The summed E-state index contributed by atoms with van der Waals surface area (Å²) < 4.78 is 27.2. The van der Waals surface area contributed by atoms with E-state index in [-0.39, 0.29) is 18.4 Å². The van der Waals surface area contributed by atoms with Crippen LogP contribution in [-0.4, -0.2) is 38.9 Å². The molecule has 0 radical (unpaired) electrons. The minimum Gasteiger partial charge on any atom is -0.317 e. The van der Waals surface area contributed by atoms with Crippen molar-refractivity contribution in [1.29, 1.82) is 0 Å². The van der Waals surface area contributed by atoms with E-state index >= 15 is 0 Å². The number of piperidine rings is 1. The van der Waals surface area contributed by atoms with Crippen molar-refractivity contribution in [2.45, 2.75) is 49.5 Å². The second-order valence-electron chi connectivity index (χ2n) is 6.14. The Morgan fingerprint density at radius 3 is 2.41 bits per heavy atom. The van der Waals surface area contributed by atoms with Crippen LogP contribution < -0.4 is 5.32 Å². The highest BCUT2D eigenvalue weighted by Crippen LogP contribution is 2.27. The Hall–Kier alpha value is -0.620. The van der Waals surface area contributed by atoms with Crippen LogP contribution in [0.5, 0.6) is 0 Å². The van der Waals surface area contributed by atoms with Gasteiger partial charge in [-0.2, -0.15) is 4.31 Å². The molecule has 1 aliphatic carbocycles. The molecule has 2 aliphatic rings. The number of hydrogen-bond acceptors (Lipinski definition) is 3. The summed E-state index contributed by atoms with van der Waals surface area (Å²) in [7, 11) is -1.64. The van der Waals surface area contributed by atoms with Crippen molar-refractivity contribution in [2.24, 2.45) is 0 Å². The van der Waals surface area contributed by atoms with Crippen LogP contribution in [0.4, 0.5) is 0 Å². The number of nitrogens with zero attached hydrogens (tertiary/aromatic N) is 1. The Labute approximate surface area is 139 Å². The fraction of sp³-hybridized carbons (Fsp3) is 0.625. The first-order valence-corrected chi connectivity index (χ1v) is 9.33. The lowest BCUT2D eigenvalue weighted by molar-refractivity contribution is 0.296.